The monoisotopic (exact) mass is 1350 g/mol. The van der Waals surface area contributed by atoms with Crippen molar-refractivity contribution in [2.24, 2.45) is 0 Å². The summed E-state index contributed by atoms with van der Waals surface area (Å²) >= 11 is 0. The Hall–Kier alpha value is -8.54. The van der Waals surface area contributed by atoms with E-state index in [0.717, 1.165) is 60.8 Å². The van der Waals surface area contributed by atoms with E-state index >= 15 is 0 Å². The van der Waals surface area contributed by atoms with Crippen molar-refractivity contribution in [3.05, 3.63) is 271 Å². The van der Waals surface area contributed by atoms with Crippen molar-refractivity contribution in [2.45, 2.75) is 99.3 Å². The number of rotatable bonds is 8. The maximum Gasteiger partial charge on any atom is 0.135 e. The van der Waals surface area contributed by atoms with Gasteiger partial charge in [-0.2, -0.15) is 12.1 Å². The summed E-state index contributed by atoms with van der Waals surface area (Å²) < 4.78 is 79.3. The van der Waals surface area contributed by atoms with Crippen LogP contribution in [-0.2, 0) is 37.3 Å². The van der Waals surface area contributed by atoms with Crippen LogP contribution in [0.4, 0.5) is 39.9 Å². The topological polar surface area (TPSA) is 31.8 Å². The van der Waals surface area contributed by atoms with Crippen LogP contribution in [0.25, 0.3) is 44.5 Å². The van der Waals surface area contributed by atoms with E-state index in [2.05, 4.69) is 195 Å². The Morgan fingerprint density at radius 2 is 1.07 bits per heavy atom. The van der Waals surface area contributed by atoms with E-state index in [0.29, 0.717) is 45.5 Å². The Morgan fingerprint density at radius 3 is 1.70 bits per heavy atom. The van der Waals surface area contributed by atoms with Gasteiger partial charge in [-0.15, -0.1) is 47.9 Å². The van der Waals surface area contributed by atoms with Gasteiger partial charge in [0.05, 0.1) is 6.85 Å². The largest absolute Gasteiger partial charge is 0.509 e. The number of anilines is 7. The molecule has 0 unspecified atom stereocenters. The average molecular weight is 1350 g/mol. The second-order valence-electron chi connectivity index (χ2n) is 26.5. The summed E-state index contributed by atoms with van der Waals surface area (Å²) in [6, 6.07) is 68.1. The average Bonchev–Trinajstić information content (AvgIpc) is 1.49. The quantitative estimate of drug-likeness (QED) is 0.112. The maximum atomic E-state index is 9.37. The van der Waals surface area contributed by atoms with Gasteiger partial charge >= 0.3 is 0 Å². The Morgan fingerprint density at radius 1 is 0.489 bits per heavy atom. The second-order valence-corrected chi connectivity index (χ2v) is 30.2. The Balaban J connectivity index is 0.00000833. The third-order valence-corrected chi connectivity index (χ3v) is 22.5. The maximum absolute atomic E-state index is 9.37. The number of fused-ring (bicyclic) bond motifs is 10. The van der Waals surface area contributed by atoms with Crippen LogP contribution < -0.4 is 40.2 Å². The predicted molar refractivity (Wildman–Crippen MR) is 367 cm³/mol. The first-order chi connectivity index (χ1) is 45.0. The van der Waals surface area contributed by atoms with E-state index in [1.807, 2.05) is 90.4 Å². The zero-order valence-electron chi connectivity index (χ0n) is 59.5. The Bertz CT molecular complexity index is 4860. The predicted octanol–water partition coefficient (Wildman–Crippen LogP) is 18.8. The third kappa shape index (κ3) is 9.94. The van der Waals surface area contributed by atoms with Gasteiger partial charge in [0.15, 0.2) is 0 Å². The molecule has 5 nitrogen and oxygen atoms in total. The van der Waals surface area contributed by atoms with Crippen LogP contribution in [0.5, 0.6) is 11.5 Å². The molecule has 0 radical (unpaired) electrons. The summed E-state index contributed by atoms with van der Waals surface area (Å²) in [6.45, 7) is 23.5. The first-order valence-electron chi connectivity index (χ1n) is 33.9. The molecule has 1 aromatic heterocycles. The van der Waals surface area contributed by atoms with Crippen molar-refractivity contribution in [3.63, 3.8) is 0 Å². The molecule has 11 aromatic rings. The normalized spacial score (nSPS) is 15.2. The summed E-state index contributed by atoms with van der Waals surface area (Å²) in [7, 11) is -3.20. The van der Waals surface area contributed by atoms with Gasteiger partial charge in [-0.25, -0.2) is 4.98 Å². The van der Waals surface area contributed by atoms with Gasteiger partial charge in [-0.3, -0.25) is 0 Å². The fourth-order valence-corrected chi connectivity index (χ4v) is 18.5. The molecular weight excluding hydrogens is 1270 g/mol. The van der Waals surface area contributed by atoms with Crippen LogP contribution in [0.2, 0.25) is 0 Å². The van der Waals surface area contributed by atoms with Crippen LogP contribution in [-0.4, -0.2) is 13.1 Å². The fourth-order valence-electron chi connectivity index (χ4n) is 13.1. The number of pyridine rings is 1. The zero-order valence-corrected chi connectivity index (χ0v) is 54.8. The minimum atomic E-state index is -3.20. The third-order valence-electron chi connectivity index (χ3n) is 17.6. The van der Waals surface area contributed by atoms with E-state index in [1.54, 1.807) is 12.3 Å². The van der Waals surface area contributed by atoms with Crippen LogP contribution >= 0.6 is 0 Å². The molecule has 0 atom stereocenters. The van der Waals surface area contributed by atoms with Crippen LogP contribution in [0, 0.1) is 39.5 Å². The first kappa shape index (κ1) is 49.4. The van der Waals surface area contributed by atoms with Gasteiger partial charge < -0.3 is 19.4 Å². The van der Waals surface area contributed by atoms with E-state index < -0.39 is 33.1 Å². The van der Waals surface area contributed by atoms with Gasteiger partial charge in [-0.05, 0) is 127 Å². The molecule has 3 aliphatic heterocycles. The Kier molecular flexibility index (Phi) is 12.3. The molecule has 0 saturated heterocycles. The van der Waals surface area contributed by atoms with E-state index in [-0.39, 0.29) is 60.5 Å². The smallest absolute Gasteiger partial charge is 0.135 e. The van der Waals surface area contributed by atoms with Crippen molar-refractivity contribution in [1.82, 2.24) is 4.98 Å². The minimum absolute atomic E-state index is 0. The number of hydrogen-bond donors (Lipinski definition) is 0. The van der Waals surface area contributed by atoms with E-state index in [1.165, 1.54) is 32.6 Å². The van der Waals surface area contributed by atoms with Crippen molar-refractivity contribution in [3.8, 4) is 56.0 Å². The molecule has 0 fully saturated rings. The van der Waals surface area contributed by atoms with Gasteiger partial charge in [0.1, 0.15) is 13.9 Å². The molecule has 0 N–H and O–H groups in total. The molecule has 7 heteroatoms. The number of para-hydroxylation sites is 4. The number of aromatic nitrogens is 1. The van der Waals surface area contributed by atoms with Crippen molar-refractivity contribution in [2.75, 3.05) is 14.7 Å². The van der Waals surface area contributed by atoms with Crippen molar-refractivity contribution < 1.29 is 36.8 Å². The molecule has 14 rings (SSSR count). The summed E-state index contributed by atoms with van der Waals surface area (Å²) in [5, 5.41) is 4.73. The molecule has 0 amide bonds. The van der Waals surface area contributed by atoms with Gasteiger partial charge in [0.25, 0.3) is 0 Å². The van der Waals surface area contributed by atoms with Crippen LogP contribution in [0.15, 0.2) is 218 Å². The SMILES string of the molecule is [2H]c1c([2H])c([2H])c(-c2cccc(-c3cc(C(C)(C)C)cc(C(C)(C)C)c3)c2N2[CH-]N(c3[c-]c(Oc4[c-]c5c(cc4)[Si]4(c6ccc(C)cc6-c6cc(C)ccc64)c4ccccc4N5c4cc(C([2H])([2H])[2H])c(-c5ccc(C(C)(C)C)cc5)cn4)ccc3)c3ccccc32)c([2H])c1[2H].[Pt]. The standard InChI is InChI=1S/C81H73N4OSi.Pt/c1-52-32-39-73-66(42-52)67-43-53(2)33-40-74(67)87(73)75-31-19-18-30-71(75)85(77-44-54(3)68(50-82-77)56-34-36-58(37-35-56)79(4,5)6)72-49-63(38-41-76(72)87)86-62-25-20-24-61(48-62)83-51-84(70-29-17-16-28-69(70)83)78-64(55-22-14-13-15-23-55)26-21-27-65(78)57-45-59(80(7,8)9)47-60(46-57)81(10,11)12;/h13-47,50-51H,1-12H3;/q-3;/i3D3,13D,14D,15D,22D,23D;. The van der Waals surface area contributed by atoms with E-state index in [9.17, 15) is 2.74 Å². The molecular formula is C81H73N4OPtSi-3. The molecule has 0 aliphatic carbocycles. The molecule has 88 heavy (non-hydrogen) atoms. The second kappa shape index (κ2) is 21.9. The van der Waals surface area contributed by atoms with Crippen molar-refractivity contribution in [1.29, 1.82) is 0 Å². The minimum Gasteiger partial charge on any atom is -0.509 e. The van der Waals surface area contributed by atoms with Gasteiger partial charge in [0, 0.05) is 82.3 Å². The zero-order chi connectivity index (χ0) is 67.2. The molecule has 0 bridgehead atoms. The van der Waals surface area contributed by atoms with Crippen LogP contribution in [0.1, 0.15) is 107 Å². The van der Waals surface area contributed by atoms with E-state index in [4.69, 9.17) is 17.9 Å². The summed E-state index contributed by atoms with van der Waals surface area (Å²) in [5.41, 5.74) is 15.9. The molecule has 1 spiro atoms. The molecule has 10 aromatic carbocycles. The number of benzene rings is 10. The molecule has 0 saturated carbocycles. The van der Waals surface area contributed by atoms with Crippen molar-refractivity contribution >= 4 is 68.8 Å². The summed E-state index contributed by atoms with van der Waals surface area (Å²) in [6.07, 6.45) is 1.71. The molecule has 3 aliphatic rings. The van der Waals surface area contributed by atoms with Gasteiger partial charge in [0.2, 0.25) is 0 Å². The molecule has 440 valence electrons. The number of hydrogen-bond acceptors (Lipinski definition) is 5. The number of aryl methyl sites for hydroxylation is 3. The Labute approximate surface area is 547 Å². The van der Waals surface area contributed by atoms with Gasteiger partial charge in [-0.1, -0.05) is 237 Å². The number of ether oxygens (including phenoxy) is 1. The van der Waals surface area contributed by atoms with Crippen LogP contribution in [0.3, 0.4) is 0 Å². The fraction of sp³-hybridized carbons (Fsp3) is 0.185. The number of nitrogens with zero attached hydrogens (tertiary/aromatic N) is 4. The first-order valence-corrected chi connectivity index (χ1v) is 31.9. The molecule has 4 heterocycles. The summed E-state index contributed by atoms with van der Waals surface area (Å²) in [4.78, 5) is 11.4. The summed E-state index contributed by atoms with van der Waals surface area (Å²) in [5.74, 6) is 1.23.